The number of nitrogens with one attached hydrogen (secondary N) is 1. The zero-order valence-corrected chi connectivity index (χ0v) is 10.6. The molecule has 1 fully saturated rings. The fourth-order valence-electron chi connectivity index (χ4n) is 2.04. The number of piperidine rings is 1. The molecule has 1 rings (SSSR count). The first-order chi connectivity index (χ1) is 8.06. The van der Waals surface area contributed by atoms with E-state index in [1.54, 1.807) is 11.9 Å². The van der Waals surface area contributed by atoms with Gasteiger partial charge in [-0.15, -0.1) is 0 Å². The van der Waals surface area contributed by atoms with Gasteiger partial charge in [0.25, 0.3) is 0 Å². The first-order valence-electron chi connectivity index (χ1n) is 6.00. The molecule has 1 atom stereocenters. The summed E-state index contributed by atoms with van der Waals surface area (Å²) < 4.78 is 0. The highest BCUT2D eigenvalue weighted by atomic mass is 16.2. The van der Waals surface area contributed by atoms with Gasteiger partial charge in [-0.2, -0.15) is 0 Å². The van der Waals surface area contributed by atoms with Crippen molar-refractivity contribution >= 4 is 11.8 Å². The van der Waals surface area contributed by atoms with Crippen LogP contribution >= 0.6 is 0 Å². The minimum absolute atomic E-state index is 0.130. The Hall–Kier alpha value is -1.14. The molecule has 1 heterocycles. The molecule has 98 valence electrons. The van der Waals surface area contributed by atoms with Crippen molar-refractivity contribution in [1.82, 2.24) is 15.1 Å². The second-order valence-corrected chi connectivity index (χ2v) is 4.52. The number of likely N-dealkylation sites (tertiary alicyclic amines) is 1. The standard InChI is InChI=1S/C11H22N4O2/c1-14-7-3-4-9(8-14)15(2)11(17)10(16)13-6-5-12/h9H,3-8,12H2,1-2H3,(H,13,16). The summed E-state index contributed by atoms with van der Waals surface area (Å²) in [4.78, 5) is 27.0. The van der Waals surface area contributed by atoms with Gasteiger partial charge in [0, 0.05) is 32.7 Å². The molecule has 0 aromatic heterocycles. The molecule has 1 aliphatic rings. The Bertz CT molecular complexity index is 283. The molecular weight excluding hydrogens is 220 g/mol. The number of hydrogen-bond acceptors (Lipinski definition) is 4. The van der Waals surface area contributed by atoms with E-state index in [1.165, 1.54) is 0 Å². The molecule has 1 unspecified atom stereocenters. The van der Waals surface area contributed by atoms with Gasteiger partial charge >= 0.3 is 11.8 Å². The molecule has 0 saturated carbocycles. The van der Waals surface area contributed by atoms with Crippen LogP contribution in [0, 0.1) is 0 Å². The molecule has 0 spiro atoms. The van der Waals surface area contributed by atoms with Crippen LogP contribution in [0.15, 0.2) is 0 Å². The second-order valence-electron chi connectivity index (χ2n) is 4.52. The molecule has 1 aliphatic heterocycles. The van der Waals surface area contributed by atoms with Crippen LogP contribution in [0.25, 0.3) is 0 Å². The monoisotopic (exact) mass is 242 g/mol. The summed E-state index contributed by atoms with van der Waals surface area (Å²) in [5.41, 5.74) is 5.27. The summed E-state index contributed by atoms with van der Waals surface area (Å²) in [6.07, 6.45) is 2.01. The van der Waals surface area contributed by atoms with E-state index in [4.69, 9.17) is 5.73 Å². The van der Waals surface area contributed by atoms with E-state index < -0.39 is 11.8 Å². The highest BCUT2D eigenvalue weighted by Crippen LogP contribution is 2.13. The molecule has 0 radical (unpaired) electrons. The van der Waals surface area contributed by atoms with Gasteiger partial charge in [-0.1, -0.05) is 0 Å². The molecule has 0 aromatic carbocycles. The van der Waals surface area contributed by atoms with Crippen molar-refractivity contribution in [3.8, 4) is 0 Å². The number of hydrogen-bond donors (Lipinski definition) is 2. The van der Waals surface area contributed by atoms with Gasteiger partial charge in [-0.05, 0) is 26.4 Å². The normalized spacial score (nSPS) is 21.0. The number of rotatable bonds is 3. The third-order valence-corrected chi connectivity index (χ3v) is 3.09. The van der Waals surface area contributed by atoms with Crippen LogP contribution in [0.4, 0.5) is 0 Å². The molecule has 0 aromatic rings. The third kappa shape index (κ3) is 3.98. The molecule has 17 heavy (non-hydrogen) atoms. The lowest BCUT2D eigenvalue weighted by molar-refractivity contribution is -0.146. The van der Waals surface area contributed by atoms with E-state index in [1.807, 2.05) is 7.05 Å². The van der Waals surface area contributed by atoms with Crippen molar-refractivity contribution in [3.63, 3.8) is 0 Å². The van der Waals surface area contributed by atoms with Crippen LogP contribution in [-0.4, -0.2) is 67.9 Å². The molecule has 0 aliphatic carbocycles. The van der Waals surface area contributed by atoms with Crippen LogP contribution in [0.3, 0.4) is 0 Å². The van der Waals surface area contributed by atoms with E-state index >= 15 is 0 Å². The summed E-state index contributed by atoms with van der Waals surface area (Å²) in [6, 6.07) is 0.130. The van der Waals surface area contributed by atoms with E-state index in [0.717, 1.165) is 25.9 Å². The maximum atomic E-state index is 11.8. The zero-order chi connectivity index (χ0) is 12.8. The number of nitrogens with two attached hydrogens (primary N) is 1. The molecule has 0 bridgehead atoms. The maximum Gasteiger partial charge on any atom is 0.311 e. The van der Waals surface area contributed by atoms with Crippen molar-refractivity contribution in [2.45, 2.75) is 18.9 Å². The van der Waals surface area contributed by atoms with Crippen LogP contribution < -0.4 is 11.1 Å². The van der Waals surface area contributed by atoms with Gasteiger partial charge in [0.05, 0.1) is 0 Å². The smallest absolute Gasteiger partial charge is 0.311 e. The summed E-state index contributed by atoms with van der Waals surface area (Å²) in [5.74, 6) is -1.04. The van der Waals surface area contributed by atoms with Crippen LogP contribution in [0.5, 0.6) is 0 Å². The molecule has 6 heteroatoms. The summed E-state index contributed by atoms with van der Waals surface area (Å²) in [6.45, 7) is 2.56. The van der Waals surface area contributed by atoms with Crippen molar-refractivity contribution < 1.29 is 9.59 Å². The minimum Gasteiger partial charge on any atom is -0.347 e. The molecule has 3 N–H and O–H groups in total. The SMILES string of the molecule is CN1CCCC(N(C)C(=O)C(=O)NCCN)C1. The Morgan fingerprint density at radius 2 is 2.24 bits per heavy atom. The van der Waals surface area contributed by atoms with E-state index in [-0.39, 0.29) is 6.04 Å². The Morgan fingerprint density at radius 1 is 1.53 bits per heavy atom. The number of nitrogens with zero attached hydrogens (tertiary/aromatic N) is 2. The van der Waals surface area contributed by atoms with Gasteiger partial charge in [0.2, 0.25) is 0 Å². The molecular formula is C11H22N4O2. The Labute approximate surface area is 102 Å². The van der Waals surface area contributed by atoms with Crippen LogP contribution in [0.1, 0.15) is 12.8 Å². The van der Waals surface area contributed by atoms with Gasteiger partial charge in [0.1, 0.15) is 0 Å². The van der Waals surface area contributed by atoms with E-state index in [2.05, 4.69) is 10.2 Å². The summed E-state index contributed by atoms with van der Waals surface area (Å²) in [5, 5.41) is 2.49. The fraction of sp³-hybridized carbons (Fsp3) is 0.818. The van der Waals surface area contributed by atoms with E-state index in [9.17, 15) is 9.59 Å². The maximum absolute atomic E-state index is 11.8. The third-order valence-electron chi connectivity index (χ3n) is 3.09. The van der Waals surface area contributed by atoms with Gasteiger partial charge < -0.3 is 20.9 Å². The number of amides is 2. The van der Waals surface area contributed by atoms with Gasteiger partial charge in [-0.25, -0.2) is 0 Å². The van der Waals surface area contributed by atoms with Crippen LogP contribution in [-0.2, 0) is 9.59 Å². The fourth-order valence-corrected chi connectivity index (χ4v) is 2.04. The minimum atomic E-state index is -0.564. The molecule has 6 nitrogen and oxygen atoms in total. The largest absolute Gasteiger partial charge is 0.347 e. The summed E-state index contributed by atoms with van der Waals surface area (Å²) >= 11 is 0. The Kier molecular flexibility index (Phi) is 5.37. The topological polar surface area (TPSA) is 78.7 Å². The first kappa shape index (κ1) is 13.9. The molecule has 1 saturated heterocycles. The van der Waals surface area contributed by atoms with Crippen molar-refractivity contribution in [1.29, 1.82) is 0 Å². The first-order valence-corrected chi connectivity index (χ1v) is 6.00. The lowest BCUT2D eigenvalue weighted by Gasteiger charge is -2.35. The summed E-state index contributed by atoms with van der Waals surface area (Å²) in [7, 11) is 3.72. The van der Waals surface area contributed by atoms with Crippen molar-refractivity contribution in [2.75, 3.05) is 40.3 Å². The zero-order valence-electron chi connectivity index (χ0n) is 10.6. The number of carbonyl (C=O) groups excluding carboxylic acids is 2. The second kappa shape index (κ2) is 6.56. The van der Waals surface area contributed by atoms with E-state index in [0.29, 0.717) is 13.1 Å². The quantitative estimate of drug-likeness (QED) is 0.598. The average Bonchev–Trinajstić information content (AvgIpc) is 2.34. The van der Waals surface area contributed by atoms with Crippen LogP contribution in [0.2, 0.25) is 0 Å². The molecule has 2 amide bonds. The van der Waals surface area contributed by atoms with Gasteiger partial charge in [0.15, 0.2) is 0 Å². The Morgan fingerprint density at radius 3 is 2.82 bits per heavy atom. The number of likely N-dealkylation sites (N-methyl/N-ethyl adjacent to an activating group) is 2. The number of carbonyl (C=O) groups is 2. The average molecular weight is 242 g/mol. The predicted molar refractivity (Wildman–Crippen MR) is 65.4 cm³/mol. The van der Waals surface area contributed by atoms with Crippen molar-refractivity contribution in [2.24, 2.45) is 5.73 Å². The van der Waals surface area contributed by atoms with Crippen molar-refractivity contribution in [3.05, 3.63) is 0 Å². The Balaban J connectivity index is 2.47. The lowest BCUT2D eigenvalue weighted by Crippen LogP contribution is -2.51. The highest BCUT2D eigenvalue weighted by Gasteiger charge is 2.27. The predicted octanol–water partition coefficient (Wildman–Crippen LogP) is -1.39. The lowest BCUT2D eigenvalue weighted by atomic mass is 10.1. The van der Waals surface area contributed by atoms with Gasteiger partial charge in [-0.3, -0.25) is 9.59 Å². The highest BCUT2D eigenvalue weighted by molar-refractivity contribution is 6.35.